The largest absolute Gasteiger partial charge is 0.512 e. The molecule has 0 aliphatic heterocycles. The molecule has 0 aliphatic rings. The van der Waals surface area contributed by atoms with Crippen molar-refractivity contribution in [2.24, 2.45) is 0 Å². The summed E-state index contributed by atoms with van der Waals surface area (Å²) < 4.78 is 84.6. The minimum absolute atomic E-state index is 0.0954. The summed E-state index contributed by atoms with van der Waals surface area (Å²) in [5.74, 6) is -1.91. The molecule has 0 saturated heterocycles. The number of alkyl halides is 3. The Balaban J connectivity index is 3.21. The van der Waals surface area contributed by atoms with Crippen LogP contribution in [0.25, 0.3) is 0 Å². The maximum Gasteiger partial charge on any atom is 0.512 e. The first-order chi connectivity index (χ1) is 6.62. The van der Waals surface area contributed by atoms with Gasteiger partial charge in [-0.15, -0.1) is 0 Å². The highest BCUT2D eigenvalue weighted by molar-refractivity contribution is 6.73. The van der Waals surface area contributed by atoms with Crippen molar-refractivity contribution in [3.8, 4) is 0 Å². The van der Waals surface area contributed by atoms with Crippen LogP contribution in [0.2, 0.25) is 0 Å². The normalized spacial score (nSPS) is 13.0. The summed E-state index contributed by atoms with van der Waals surface area (Å²) >= 11 is 0. The average molecular weight is 231 g/mol. The lowest BCUT2D eigenvalue weighted by Gasteiger charge is -2.17. The molecule has 0 bridgehead atoms. The van der Waals surface area contributed by atoms with E-state index in [1.807, 2.05) is 0 Å². The van der Waals surface area contributed by atoms with Gasteiger partial charge in [0.15, 0.2) is 0 Å². The maximum absolute atomic E-state index is 12.7. The third-order valence-electron chi connectivity index (χ3n) is 1.68. The molecule has 0 spiro atoms. The number of hydrogen-bond donors (Lipinski definition) is 0. The molecule has 0 amide bonds. The van der Waals surface area contributed by atoms with E-state index in [0.29, 0.717) is 0 Å². The van der Waals surface area contributed by atoms with Gasteiger partial charge in [0.25, 0.3) is 0 Å². The molecule has 0 saturated carbocycles. The van der Waals surface area contributed by atoms with Crippen molar-refractivity contribution in [1.29, 1.82) is 0 Å². The van der Waals surface area contributed by atoms with E-state index < -0.39 is 30.0 Å². The van der Waals surface area contributed by atoms with E-state index in [9.17, 15) is 30.5 Å². The Morgan fingerprint density at radius 1 is 1.00 bits per heavy atom. The predicted octanol–water partition coefficient (Wildman–Crippen LogP) is 2.90. The lowest BCUT2D eigenvalue weighted by Crippen LogP contribution is -2.37. The molecule has 0 nitrogen and oxygen atoms in total. The SMILES string of the molecule is Fc1cc(C(F)(F)F)ccc1[B-](F)(F)F. The van der Waals surface area contributed by atoms with Crippen molar-refractivity contribution in [3.63, 3.8) is 0 Å². The van der Waals surface area contributed by atoms with Gasteiger partial charge >= 0.3 is 13.2 Å². The average Bonchev–Trinajstić information content (AvgIpc) is 1.99. The van der Waals surface area contributed by atoms with Gasteiger partial charge in [0, 0.05) is 0 Å². The molecule has 0 unspecified atom stereocenters. The highest BCUT2D eigenvalue weighted by atomic mass is 19.4. The van der Waals surface area contributed by atoms with E-state index >= 15 is 0 Å². The van der Waals surface area contributed by atoms with E-state index in [1.54, 1.807) is 0 Å². The smallest absolute Gasteiger partial charge is 0.445 e. The van der Waals surface area contributed by atoms with Gasteiger partial charge in [0.2, 0.25) is 0 Å². The van der Waals surface area contributed by atoms with Gasteiger partial charge in [-0.05, 0) is 6.07 Å². The van der Waals surface area contributed by atoms with Crippen LogP contribution in [0.1, 0.15) is 5.56 Å². The van der Waals surface area contributed by atoms with E-state index in [2.05, 4.69) is 0 Å². The molecule has 15 heavy (non-hydrogen) atoms. The molecular formula is C7H3BF7-. The van der Waals surface area contributed by atoms with Crippen molar-refractivity contribution in [3.05, 3.63) is 29.6 Å². The Hall–Kier alpha value is -1.21. The Labute approximate surface area is 79.8 Å². The summed E-state index contributed by atoms with van der Waals surface area (Å²) in [6, 6.07) is 0.135. The molecule has 1 aromatic rings. The molecular weight excluding hydrogens is 228 g/mol. The van der Waals surface area contributed by atoms with Crippen LogP contribution in [-0.4, -0.2) is 6.98 Å². The summed E-state index contributed by atoms with van der Waals surface area (Å²) in [5.41, 5.74) is -3.09. The van der Waals surface area contributed by atoms with Gasteiger partial charge in [-0.3, -0.25) is 0 Å². The second kappa shape index (κ2) is 3.43. The lowest BCUT2D eigenvalue weighted by molar-refractivity contribution is -0.137. The second-order valence-corrected chi connectivity index (χ2v) is 2.81. The maximum atomic E-state index is 12.7. The molecule has 1 aromatic carbocycles. The monoisotopic (exact) mass is 231 g/mol. The van der Waals surface area contributed by atoms with E-state index in [0.717, 1.165) is 0 Å². The quantitative estimate of drug-likeness (QED) is 0.514. The molecule has 84 valence electrons. The van der Waals surface area contributed by atoms with Crippen molar-refractivity contribution >= 4 is 12.4 Å². The standard InChI is InChI=1S/C7H3BF7/c9-6-3-4(7(10,11)12)1-2-5(6)8(13,14)15/h1-3H/q-1. The highest BCUT2D eigenvalue weighted by Gasteiger charge is 2.34. The van der Waals surface area contributed by atoms with Crippen LogP contribution < -0.4 is 5.46 Å². The van der Waals surface area contributed by atoms with Crippen LogP contribution in [0.5, 0.6) is 0 Å². The van der Waals surface area contributed by atoms with Gasteiger partial charge in [0.1, 0.15) is 0 Å². The zero-order chi connectivity index (χ0) is 11.9. The fourth-order valence-corrected chi connectivity index (χ4v) is 0.969. The van der Waals surface area contributed by atoms with Crippen LogP contribution in [0.4, 0.5) is 30.5 Å². The number of rotatable bonds is 1. The molecule has 0 radical (unpaired) electrons. The van der Waals surface area contributed by atoms with Gasteiger partial charge in [-0.2, -0.15) is 13.2 Å². The molecule has 0 fully saturated rings. The first-order valence-electron chi connectivity index (χ1n) is 3.69. The first-order valence-corrected chi connectivity index (χ1v) is 3.69. The molecule has 0 N–H and O–H groups in total. The lowest BCUT2D eigenvalue weighted by atomic mass is 9.79. The molecule has 0 heterocycles. The van der Waals surface area contributed by atoms with Gasteiger partial charge in [0.05, 0.1) is 11.4 Å². The van der Waals surface area contributed by atoms with Crippen molar-refractivity contribution in [2.45, 2.75) is 6.18 Å². The minimum atomic E-state index is -5.63. The molecule has 0 aromatic heterocycles. The Bertz CT molecular complexity index is 365. The second-order valence-electron chi connectivity index (χ2n) is 2.81. The number of hydrogen-bond acceptors (Lipinski definition) is 0. The molecule has 8 heteroatoms. The summed E-state index contributed by atoms with van der Waals surface area (Å²) in [6.45, 7) is -5.63. The van der Waals surface area contributed by atoms with Crippen molar-refractivity contribution in [1.82, 2.24) is 0 Å². The van der Waals surface area contributed by atoms with Crippen LogP contribution in [0.3, 0.4) is 0 Å². The van der Waals surface area contributed by atoms with Crippen LogP contribution >= 0.6 is 0 Å². The number of halogens is 7. The summed E-state index contributed by atoms with van der Waals surface area (Å²) in [7, 11) is 0. The van der Waals surface area contributed by atoms with Crippen molar-refractivity contribution in [2.75, 3.05) is 0 Å². The van der Waals surface area contributed by atoms with Gasteiger partial charge in [-0.1, -0.05) is 17.6 Å². The van der Waals surface area contributed by atoms with Crippen LogP contribution in [-0.2, 0) is 6.18 Å². The van der Waals surface area contributed by atoms with Crippen LogP contribution in [0, 0.1) is 5.82 Å². The summed E-state index contributed by atoms with van der Waals surface area (Å²) in [4.78, 5) is 0. The topological polar surface area (TPSA) is 0 Å². The zero-order valence-electron chi connectivity index (χ0n) is 6.96. The number of benzene rings is 1. The first kappa shape index (κ1) is 11.9. The molecule has 1 rings (SSSR count). The minimum Gasteiger partial charge on any atom is -0.445 e. The van der Waals surface area contributed by atoms with Crippen molar-refractivity contribution < 1.29 is 30.5 Å². The van der Waals surface area contributed by atoms with E-state index in [-0.39, 0.29) is 18.2 Å². The van der Waals surface area contributed by atoms with Crippen LogP contribution in [0.15, 0.2) is 18.2 Å². The summed E-state index contributed by atoms with van der Waals surface area (Å²) in [6.07, 6.45) is -4.85. The Morgan fingerprint density at radius 3 is 1.87 bits per heavy atom. The fraction of sp³-hybridized carbons (Fsp3) is 0.143. The van der Waals surface area contributed by atoms with Gasteiger partial charge < -0.3 is 12.9 Å². The predicted molar refractivity (Wildman–Crippen MR) is 40.1 cm³/mol. The van der Waals surface area contributed by atoms with E-state index in [4.69, 9.17) is 0 Å². The fourth-order valence-electron chi connectivity index (χ4n) is 0.969. The molecule has 0 aliphatic carbocycles. The molecule has 0 atom stereocenters. The highest BCUT2D eigenvalue weighted by Crippen LogP contribution is 2.29. The third-order valence-corrected chi connectivity index (χ3v) is 1.68. The van der Waals surface area contributed by atoms with Gasteiger partial charge in [-0.25, -0.2) is 4.39 Å². The summed E-state index contributed by atoms with van der Waals surface area (Å²) in [5, 5.41) is 0. The Morgan fingerprint density at radius 2 is 1.53 bits per heavy atom. The zero-order valence-corrected chi connectivity index (χ0v) is 6.96. The van der Waals surface area contributed by atoms with E-state index in [1.165, 1.54) is 0 Å². The third kappa shape index (κ3) is 2.63. The Kier molecular flexibility index (Phi) is 2.71.